The maximum absolute atomic E-state index is 13.6. The van der Waals surface area contributed by atoms with Gasteiger partial charge in [-0.1, -0.05) is 23.7 Å². The summed E-state index contributed by atoms with van der Waals surface area (Å²) in [6, 6.07) is 9.31. The van der Waals surface area contributed by atoms with Crippen molar-refractivity contribution in [2.45, 2.75) is 30.8 Å². The van der Waals surface area contributed by atoms with Gasteiger partial charge in [-0.3, -0.25) is 9.32 Å². The van der Waals surface area contributed by atoms with Crippen LogP contribution in [0.4, 0.5) is 4.39 Å². The number of phosphoric acid groups is 1. The van der Waals surface area contributed by atoms with E-state index in [-0.39, 0.29) is 39.9 Å². The lowest BCUT2D eigenvalue weighted by atomic mass is 10.1. The van der Waals surface area contributed by atoms with E-state index >= 15 is 0 Å². The molecule has 0 amide bonds. The molecule has 10 nitrogen and oxygen atoms in total. The minimum atomic E-state index is -4.77. The van der Waals surface area contributed by atoms with Crippen LogP contribution >= 0.6 is 19.4 Å². The zero-order valence-corrected chi connectivity index (χ0v) is 21.8. The lowest BCUT2D eigenvalue weighted by Gasteiger charge is -2.25. The van der Waals surface area contributed by atoms with E-state index in [0.29, 0.717) is 5.56 Å². The topological polar surface area (TPSA) is 145 Å². The molecule has 0 spiro atoms. The van der Waals surface area contributed by atoms with E-state index in [1.807, 2.05) is 0 Å². The number of nitrogens with zero attached hydrogens (tertiary/aromatic N) is 2. The Bertz CT molecular complexity index is 1490. The maximum atomic E-state index is 13.6. The van der Waals surface area contributed by atoms with Crippen LogP contribution in [0, 0.1) is 5.82 Å². The van der Waals surface area contributed by atoms with Crippen LogP contribution in [0.2, 0.25) is 5.02 Å². The van der Waals surface area contributed by atoms with E-state index in [4.69, 9.17) is 30.6 Å². The molecule has 2 aromatic carbocycles. The van der Waals surface area contributed by atoms with Gasteiger partial charge in [0.15, 0.2) is 15.6 Å². The first kappa shape index (κ1) is 28.0. The molecule has 0 atom stereocenters. The quantitative estimate of drug-likeness (QED) is 0.374. The van der Waals surface area contributed by atoms with Crippen LogP contribution in [0.5, 0.6) is 5.75 Å². The molecule has 3 aromatic rings. The van der Waals surface area contributed by atoms with E-state index in [0.717, 1.165) is 17.0 Å². The van der Waals surface area contributed by atoms with Crippen molar-refractivity contribution in [1.82, 2.24) is 9.78 Å². The highest BCUT2D eigenvalue weighted by Gasteiger charge is 2.29. The summed E-state index contributed by atoms with van der Waals surface area (Å²) in [4.78, 5) is 31.6. The van der Waals surface area contributed by atoms with Crippen LogP contribution in [0.3, 0.4) is 0 Å². The lowest BCUT2D eigenvalue weighted by molar-refractivity contribution is 0.0461. The second-order valence-corrected chi connectivity index (χ2v) is 12.0. The van der Waals surface area contributed by atoms with Gasteiger partial charge in [0.05, 0.1) is 34.0 Å². The minimum Gasteiger partial charge on any atom is -0.487 e. The fraction of sp³-hybridized carbons (Fsp3) is 0.273. The third-order valence-electron chi connectivity index (χ3n) is 4.99. The molecule has 2 N–H and O–H groups in total. The van der Waals surface area contributed by atoms with Crippen LogP contribution in [0.15, 0.2) is 58.4 Å². The smallest absolute Gasteiger partial charge is 0.470 e. The van der Waals surface area contributed by atoms with Gasteiger partial charge in [0.2, 0.25) is 0 Å². The summed E-state index contributed by atoms with van der Waals surface area (Å²) in [5.74, 6) is -0.857. The van der Waals surface area contributed by atoms with Gasteiger partial charge >= 0.3 is 13.4 Å². The summed E-state index contributed by atoms with van der Waals surface area (Å²) in [6.07, 6.45) is 2.38. The van der Waals surface area contributed by atoms with Crippen LogP contribution in [0.1, 0.15) is 20.3 Å². The van der Waals surface area contributed by atoms with Crippen LogP contribution in [0.25, 0.3) is 16.8 Å². The van der Waals surface area contributed by atoms with Crippen molar-refractivity contribution >= 4 is 29.3 Å². The van der Waals surface area contributed by atoms with Gasteiger partial charge < -0.3 is 14.5 Å². The molecule has 0 radical (unpaired) electrons. The molecule has 0 saturated heterocycles. The third-order valence-corrected chi connectivity index (χ3v) is 7.14. The van der Waals surface area contributed by atoms with Crippen molar-refractivity contribution in [3.63, 3.8) is 0 Å². The van der Waals surface area contributed by atoms with Gasteiger partial charge in [-0.2, -0.15) is 9.78 Å². The average Bonchev–Trinajstić information content (AvgIpc) is 2.74. The van der Waals surface area contributed by atoms with Crippen molar-refractivity contribution in [3.8, 4) is 22.6 Å². The largest absolute Gasteiger partial charge is 0.487 e. The normalized spacial score (nSPS) is 12.5. The maximum Gasteiger partial charge on any atom is 0.470 e. The molecule has 14 heteroatoms. The molecule has 0 bridgehead atoms. The Morgan fingerprint density at radius 3 is 2.36 bits per heavy atom. The molecule has 0 aliphatic heterocycles. The van der Waals surface area contributed by atoms with Crippen LogP contribution < -0.4 is 10.3 Å². The summed E-state index contributed by atoms with van der Waals surface area (Å²) in [7, 11) is -8.21. The first-order valence-corrected chi connectivity index (χ1v) is 14.1. The van der Waals surface area contributed by atoms with E-state index < -0.39 is 34.6 Å². The summed E-state index contributed by atoms with van der Waals surface area (Å²) >= 11 is 5.85. The Morgan fingerprint density at radius 2 is 1.81 bits per heavy atom. The van der Waals surface area contributed by atoms with Gasteiger partial charge in [0.25, 0.3) is 0 Å². The van der Waals surface area contributed by atoms with Crippen LogP contribution in [-0.4, -0.2) is 46.4 Å². The van der Waals surface area contributed by atoms with E-state index in [1.54, 1.807) is 0 Å². The lowest BCUT2D eigenvalue weighted by Crippen LogP contribution is -2.28. The molecule has 0 aliphatic rings. The van der Waals surface area contributed by atoms with Crippen molar-refractivity contribution in [1.29, 1.82) is 0 Å². The van der Waals surface area contributed by atoms with Gasteiger partial charge in [-0.05, 0) is 49.7 Å². The molecule has 1 heterocycles. The van der Waals surface area contributed by atoms with E-state index in [9.17, 15) is 22.2 Å². The molecule has 3 rings (SSSR count). The highest BCUT2D eigenvalue weighted by Crippen LogP contribution is 2.42. The van der Waals surface area contributed by atoms with Crippen molar-refractivity contribution in [2.75, 3.05) is 12.9 Å². The highest BCUT2D eigenvalue weighted by atomic mass is 35.5. The predicted molar refractivity (Wildman–Crippen MR) is 131 cm³/mol. The first-order chi connectivity index (χ1) is 16.6. The molecular formula is C22H23ClFN2O8PS. The van der Waals surface area contributed by atoms with Crippen molar-refractivity contribution in [2.24, 2.45) is 0 Å². The van der Waals surface area contributed by atoms with Crippen LogP contribution in [-0.2, 0) is 18.9 Å². The SMILES string of the molecule is CC(C)(CCOc1c(-c2ccc(S(C)(=O)=O)cc2)cnn(-c2ccc(F)c(Cl)c2)c1=O)OP(=O)(O)O. The predicted octanol–water partition coefficient (Wildman–Crippen LogP) is 3.75. The number of sulfone groups is 1. The van der Waals surface area contributed by atoms with Gasteiger partial charge in [-0.25, -0.2) is 17.4 Å². The molecule has 36 heavy (non-hydrogen) atoms. The Labute approximate surface area is 211 Å². The number of phosphoric ester groups is 1. The van der Waals surface area contributed by atoms with E-state index in [1.165, 1.54) is 56.4 Å². The number of halogens is 2. The Hall–Kier alpha value is -2.60. The van der Waals surface area contributed by atoms with E-state index in [2.05, 4.69) is 5.10 Å². The molecular weight excluding hydrogens is 538 g/mol. The Kier molecular flexibility index (Phi) is 8.09. The Balaban J connectivity index is 2.04. The average molecular weight is 561 g/mol. The first-order valence-electron chi connectivity index (χ1n) is 10.3. The third kappa shape index (κ3) is 7.00. The molecule has 1 aromatic heterocycles. The number of ether oxygens (including phenoxy) is 1. The number of hydrogen-bond donors (Lipinski definition) is 2. The second kappa shape index (κ2) is 10.4. The number of hydrogen-bond acceptors (Lipinski definition) is 7. The van der Waals surface area contributed by atoms with Gasteiger partial charge in [-0.15, -0.1) is 0 Å². The fourth-order valence-corrected chi connectivity index (χ4v) is 4.77. The van der Waals surface area contributed by atoms with Gasteiger partial charge in [0, 0.05) is 18.2 Å². The fourth-order valence-electron chi connectivity index (χ4n) is 3.23. The van der Waals surface area contributed by atoms with Crippen molar-refractivity contribution in [3.05, 3.63) is 69.9 Å². The molecule has 0 unspecified atom stereocenters. The Morgan fingerprint density at radius 1 is 1.17 bits per heavy atom. The number of rotatable bonds is 9. The number of aromatic nitrogens is 2. The zero-order valence-electron chi connectivity index (χ0n) is 19.4. The molecule has 194 valence electrons. The highest BCUT2D eigenvalue weighted by molar-refractivity contribution is 7.90. The second-order valence-electron chi connectivity index (χ2n) is 8.44. The number of benzene rings is 2. The zero-order chi connectivity index (χ0) is 26.9. The molecule has 0 aliphatic carbocycles. The van der Waals surface area contributed by atoms with Gasteiger partial charge in [0.1, 0.15) is 5.82 Å². The monoisotopic (exact) mass is 560 g/mol. The summed E-state index contributed by atoms with van der Waals surface area (Å²) < 4.78 is 59.9. The molecule has 0 fully saturated rings. The summed E-state index contributed by atoms with van der Waals surface area (Å²) in [5, 5.41) is 3.91. The van der Waals surface area contributed by atoms with Crippen molar-refractivity contribution < 1.29 is 36.4 Å². The minimum absolute atomic E-state index is 0.00525. The summed E-state index contributed by atoms with van der Waals surface area (Å²) in [5.41, 5.74) is -1.18. The summed E-state index contributed by atoms with van der Waals surface area (Å²) in [6.45, 7) is 2.72. The molecule has 0 saturated carbocycles. The standard InChI is InChI=1S/C22H23ClFN2O8PS/c1-22(2,34-35(28,29)30)10-11-33-20-17(14-4-7-16(8-5-14)36(3,31)32)13-25-26(21(20)27)15-6-9-19(24)18(23)12-15/h4-9,12-13H,10-11H2,1-3H3,(H2,28,29,30).